The molecule has 2 atom stereocenters. The monoisotopic (exact) mass is 279 g/mol. The number of hydrogen-bond acceptors (Lipinski definition) is 1. The van der Waals surface area contributed by atoms with Crippen LogP contribution in [0.5, 0.6) is 0 Å². The van der Waals surface area contributed by atoms with Gasteiger partial charge < -0.3 is 5.32 Å². The van der Waals surface area contributed by atoms with E-state index < -0.39 is 0 Å². The van der Waals surface area contributed by atoms with E-state index >= 15 is 0 Å². The number of carbonyl (C=O) groups excluding carboxylic acids is 1. The summed E-state index contributed by atoms with van der Waals surface area (Å²) in [5.41, 5.74) is 0.860. The van der Waals surface area contributed by atoms with Crippen molar-refractivity contribution in [3.63, 3.8) is 0 Å². The number of carbonyl (C=O) groups is 1. The van der Waals surface area contributed by atoms with Gasteiger partial charge in [-0.15, -0.1) is 11.6 Å². The second kappa shape index (κ2) is 6.42. The van der Waals surface area contributed by atoms with E-state index in [2.05, 4.69) is 12.2 Å². The van der Waals surface area contributed by atoms with Crippen LogP contribution in [-0.4, -0.2) is 17.3 Å². The van der Waals surface area contributed by atoms with Gasteiger partial charge in [-0.2, -0.15) is 0 Å². The molecule has 1 aliphatic carbocycles. The lowest BCUT2D eigenvalue weighted by Crippen LogP contribution is -2.53. The Kier molecular flexibility index (Phi) is 4.87. The third-order valence-corrected chi connectivity index (χ3v) is 4.47. The predicted molar refractivity (Wildman–Crippen MR) is 79.4 cm³/mol. The second-order valence-electron chi connectivity index (χ2n) is 5.83. The highest BCUT2D eigenvalue weighted by Gasteiger charge is 2.35. The van der Waals surface area contributed by atoms with Gasteiger partial charge in [0.1, 0.15) is 0 Å². The molecule has 3 heteroatoms. The highest BCUT2D eigenvalue weighted by molar-refractivity contribution is 6.18. The molecule has 1 N–H and O–H groups in total. The number of amides is 1. The quantitative estimate of drug-likeness (QED) is 0.840. The summed E-state index contributed by atoms with van der Waals surface area (Å²) in [6.45, 7) is 2.24. The minimum atomic E-state index is -0.189. The maximum absolute atomic E-state index is 12.2. The van der Waals surface area contributed by atoms with Gasteiger partial charge in [0.05, 0.1) is 12.0 Å². The minimum absolute atomic E-state index is 0.0842. The van der Waals surface area contributed by atoms with Crippen molar-refractivity contribution in [3.8, 4) is 0 Å². The molecule has 0 bridgehead atoms. The Balaban J connectivity index is 1.96. The summed E-state index contributed by atoms with van der Waals surface area (Å²) in [6, 6.07) is 9.85. The predicted octanol–water partition coefficient (Wildman–Crippen LogP) is 3.53. The average molecular weight is 280 g/mol. The van der Waals surface area contributed by atoms with Gasteiger partial charge in [0, 0.05) is 5.88 Å². The van der Waals surface area contributed by atoms with Crippen LogP contribution in [-0.2, 0) is 11.2 Å². The molecule has 0 aliphatic heterocycles. The topological polar surface area (TPSA) is 29.1 Å². The van der Waals surface area contributed by atoms with Crippen molar-refractivity contribution >= 4 is 17.5 Å². The Morgan fingerprint density at radius 2 is 2.16 bits per heavy atom. The van der Waals surface area contributed by atoms with E-state index in [0.717, 1.165) is 24.8 Å². The van der Waals surface area contributed by atoms with E-state index in [1.807, 2.05) is 30.3 Å². The van der Waals surface area contributed by atoms with Crippen molar-refractivity contribution in [1.29, 1.82) is 0 Å². The Morgan fingerprint density at radius 1 is 1.42 bits per heavy atom. The van der Waals surface area contributed by atoms with Crippen LogP contribution in [0.25, 0.3) is 0 Å². The molecule has 0 heterocycles. The molecular formula is C16H22ClNO. The summed E-state index contributed by atoms with van der Waals surface area (Å²) >= 11 is 6.13. The molecule has 0 aromatic heterocycles. The molecule has 1 fully saturated rings. The normalized spacial score (nSPS) is 26.9. The molecule has 2 unspecified atom stereocenters. The van der Waals surface area contributed by atoms with E-state index in [-0.39, 0.29) is 11.4 Å². The molecule has 0 spiro atoms. The Morgan fingerprint density at radius 3 is 2.79 bits per heavy atom. The van der Waals surface area contributed by atoms with Gasteiger partial charge in [-0.05, 0) is 24.3 Å². The largest absolute Gasteiger partial charge is 0.349 e. The Bertz CT molecular complexity index is 420. The zero-order valence-electron chi connectivity index (χ0n) is 11.5. The fraction of sp³-hybridized carbons (Fsp3) is 0.562. The van der Waals surface area contributed by atoms with Gasteiger partial charge in [0.2, 0.25) is 5.91 Å². The standard InChI is InChI=1S/C16H22ClNO/c1-13-6-5-9-16(11-13,12-17)18-15(19)10-14-7-3-2-4-8-14/h2-4,7-8,13H,5-6,9-12H2,1H3,(H,18,19). The maximum Gasteiger partial charge on any atom is 0.224 e. The highest BCUT2D eigenvalue weighted by Crippen LogP contribution is 2.33. The van der Waals surface area contributed by atoms with Crippen LogP contribution < -0.4 is 5.32 Å². The first-order valence-electron chi connectivity index (χ1n) is 7.04. The Hall–Kier alpha value is -1.02. The van der Waals surface area contributed by atoms with E-state index in [1.165, 1.54) is 6.42 Å². The first-order chi connectivity index (χ1) is 9.13. The molecule has 1 saturated carbocycles. The van der Waals surface area contributed by atoms with Gasteiger partial charge >= 0.3 is 0 Å². The Labute approximate surface area is 120 Å². The zero-order valence-corrected chi connectivity index (χ0v) is 12.2. The molecule has 2 nitrogen and oxygen atoms in total. The van der Waals surface area contributed by atoms with Crippen LogP contribution in [0.2, 0.25) is 0 Å². The fourth-order valence-corrected chi connectivity index (χ4v) is 3.36. The van der Waals surface area contributed by atoms with Gasteiger partial charge in [-0.1, -0.05) is 50.1 Å². The van der Waals surface area contributed by atoms with E-state index in [1.54, 1.807) is 0 Å². The fourth-order valence-electron chi connectivity index (χ4n) is 3.05. The van der Waals surface area contributed by atoms with Crippen molar-refractivity contribution < 1.29 is 4.79 Å². The lowest BCUT2D eigenvalue weighted by Gasteiger charge is -2.39. The molecular weight excluding hydrogens is 258 g/mol. The molecule has 2 rings (SSSR count). The lowest BCUT2D eigenvalue weighted by molar-refractivity contribution is -0.122. The van der Waals surface area contributed by atoms with Crippen LogP contribution in [0.3, 0.4) is 0 Å². The zero-order chi connectivity index (χ0) is 13.7. The molecule has 19 heavy (non-hydrogen) atoms. The molecule has 104 valence electrons. The van der Waals surface area contributed by atoms with E-state index in [0.29, 0.717) is 18.2 Å². The minimum Gasteiger partial charge on any atom is -0.349 e. The van der Waals surface area contributed by atoms with Crippen LogP contribution in [0.1, 0.15) is 38.2 Å². The molecule has 1 amide bonds. The number of benzene rings is 1. The van der Waals surface area contributed by atoms with Gasteiger partial charge in [-0.3, -0.25) is 4.79 Å². The van der Waals surface area contributed by atoms with Crippen LogP contribution in [0.4, 0.5) is 0 Å². The van der Waals surface area contributed by atoms with E-state index in [9.17, 15) is 4.79 Å². The molecule has 1 aromatic rings. The molecule has 0 radical (unpaired) electrons. The SMILES string of the molecule is CC1CCCC(CCl)(NC(=O)Cc2ccccc2)C1. The summed E-state index contributed by atoms with van der Waals surface area (Å²) < 4.78 is 0. The molecule has 0 saturated heterocycles. The summed E-state index contributed by atoms with van der Waals surface area (Å²) in [5.74, 6) is 1.24. The molecule has 1 aliphatic rings. The highest BCUT2D eigenvalue weighted by atomic mass is 35.5. The number of alkyl halides is 1. The summed E-state index contributed by atoms with van der Waals surface area (Å²) in [4.78, 5) is 12.2. The van der Waals surface area contributed by atoms with Crippen LogP contribution in [0.15, 0.2) is 30.3 Å². The molecule has 1 aromatic carbocycles. The summed E-state index contributed by atoms with van der Waals surface area (Å²) in [5, 5.41) is 3.19. The third-order valence-electron chi connectivity index (χ3n) is 3.96. The average Bonchev–Trinajstić information content (AvgIpc) is 2.39. The van der Waals surface area contributed by atoms with Crippen LogP contribution in [0, 0.1) is 5.92 Å². The number of nitrogens with one attached hydrogen (secondary N) is 1. The van der Waals surface area contributed by atoms with Crippen molar-refractivity contribution in [2.24, 2.45) is 5.92 Å². The second-order valence-corrected chi connectivity index (χ2v) is 6.09. The van der Waals surface area contributed by atoms with Crippen LogP contribution >= 0.6 is 11.6 Å². The first-order valence-corrected chi connectivity index (χ1v) is 7.58. The van der Waals surface area contributed by atoms with Crippen molar-refractivity contribution in [2.75, 3.05) is 5.88 Å². The third kappa shape index (κ3) is 3.97. The van der Waals surface area contributed by atoms with Gasteiger partial charge in [0.25, 0.3) is 0 Å². The van der Waals surface area contributed by atoms with E-state index in [4.69, 9.17) is 11.6 Å². The lowest BCUT2D eigenvalue weighted by atomic mass is 9.77. The van der Waals surface area contributed by atoms with Crippen molar-refractivity contribution in [1.82, 2.24) is 5.32 Å². The number of halogens is 1. The van der Waals surface area contributed by atoms with Gasteiger partial charge in [0.15, 0.2) is 0 Å². The summed E-state index contributed by atoms with van der Waals surface area (Å²) in [7, 11) is 0. The van der Waals surface area contributed by atoms with Gasteiger partial charge in [-0.25, -0.2) is 0 Å². The van der Waals surface area contributed by atoms with Crippen molar-refractivity contribution in [2.45, 2.75) is 44.6 Å². The smallest absolute Gasteiger partial charge is 0.224 e. The number of rotatable bonds is 4. The number of hydrogen-bond donors (Lipinski definition) is 1. The van der Waals surface area contributed by atoms with Crippen molar-refractivity contribution in [3.05, 3.63) is 35.9 Å². The first kappa shape index (κ1) is 14.4. The summed E-state index contributed by atoms with van der Waals surface area (Å²) in [6.07, 6.45) is 4.83. The maximum atomic E-state index is 12.2.